The summed E-state index contributed by atoms with van der Waals surface area (Å²) in [4.78, 5) is 26.9. The van der Waals surface area contributed by atoms with E-state index in [1.54, 1.807) is 18.2 Å². The lowest BCUT2D eigenvalue weighted by Crippen LogP contribution is -2.12. The van der Waals surface area contributed by atoms with Crippen molar-refractivity contribution in [1.29, 1.82) is 0 Å². The van der Waals surface area contributed by atoms with E-state index in [0.29, 0.717) is 23.6 Å². The number of hydrogen-bond donors (Lipinski definition) is 1. The smallest absolute Gasteiger partial charge is 0.250 e. The van der Waals surface area contributed by atoms with Crippen molar-refractivity contribution in [3.8, 4) is 11.6 Å². The molecule has 0 bridgehead atoms. The van der Waals surface area contributed by atoms with Crippen LogP contribution in [0, 0.1) is 0 Å². The van der Waals surface area contributed by atoms with Gasteiger partial charge in [0, 0.05) is 29.8 Å². The lowest BCUT2D eigenvalue weighted by molar-refractivity contribution is 0.0969. The number of fused-ring (bicyclic) bond motifs is 1. The van der Waals surface area contributed by atoms with Crippen LogP contribution in [0.4, 0.5) is 0 Å². The fourth-order valence-corrected chi connectivity index (χ4v) is 2.44. The fourth-order valence-electron chi connectivity index (χ4n) is 2.44. The fraction of sp³-hybridized carbons (Fsp3) is 0.188. The van der Waals surface area contributed by atoms with E-state index < -0.39 is 5.91 Å². The van der Waals surface area contributed by atoms with Crippen molar-refractivity contribution in [2.45, 2.75) is 19.3 Å². The highest BCUT2D eigenvalue weighted by Crippen LogP contribution is 2.32. The minimum atomic E-state index is -0.531. The molecule has 1 heterocycles. The van der Waals surface area contributed by atoms with Gasteiger partial charge in [-0.25, -0.2) is 4.98 Å². The van der Waals surface area contributed by atoms with Gasteiger partial charge in [-0.1, -0.05) is 12.1 Å². The molecule has 5 nitrogen and oxygen atoms in total. The lowest BCUT2D eigenvalue weighted by Gasteiger charge is -2.18. The Bertz CT molecular complexity index is 708. The number of nitrogens with two attached hydrogens (primary N) is 1. The number of primary amides is 1. The van der Waals surface area contributed by atoms with E-state index in [9.17, 15) is 9.59 Å². The molecule has 2 N–H and O–H groups in total. The normalized spacial score (nSPS) is 13.6. The van der Waals surface area contributed by atoms with E-state index in [1.807, 2.05) is 12.1 Å². The first-order chi connectivity index (χ1) is 10.1. The van der Waals surface area contributed by atoms with Crippen LogP contribution in [0.5, 0.6) is 11.6 Å². The van der Waals surface area contributed by atoms with E-state index in [-0.39, 0.29) is 5.78 Å². The highest BCUT2D eigenvalue weighted by molar-refractivity contribution is 5.99. The number of ether oxygens (including phenoxy) is 1. The van der Waals surface area contributed by atoms with Crippen molar-refractivity contribution >= 4 is 11.7 Å². The summed E-state index contributed by atoms with van der Waals surface area (Å²) in [7, 11) is 0. The molecule has 1 aliphatic rings. The van der Waals surface area contributed by atoms with Crippen LogP contribution in [0.2, 0.25) is 0 Å². The molecule has 1 aromatic carbocycles. The van der Waals surface area contributed by atoms with Gasteiger partial charge in [0.2, 0.25) is 11.8 Å². The average Bonchev–Trinajstić information content (AvgIpc) is 2.49. The number of ketones is 1. The standard InChI is InChI=1S/C16H14N2O3/c17-16(20)10-7-8-15(18-9-10)21-14-6-2-3-11-12(14)4-1-5-13(11)19/h2-3,6-9H,1,4-5H2,(H2,17,20). The first-order valence-corrected chi connectivity index (χ1v) is 6.74. The zero-order valence-corrected chi connectivity index (χ0v) is 11.3. The third-order valence-electron chi connectivity index (χ3n) is 3.50. The molecule has 21 heavy (non-hydrogen) atoms. The molecule has 0 radical (unpaired) electrons. The van der Waals surface area contributed by atoms with Gasteiger partial charge in [-0.05, 0) is 25.0 Å². The first-order valence-electron chi connectivity index (χ1n) is 6.74. The van der Waals surface area contributed by atoms with Crippen molar-refractivity contribution in [2.75, 3.05) is 0 Å². The summed E-state index contributed by atoms with van der Waals surface area (Å²) in [6.45, 7) is 0. The molecule has 5 heteroatoms. The quantitative estimate of drug-likeness (QED) is 0.937. The molecule has 2 aromatic rings. The van der Waals surface area contributed by atoms with E-state index >= 15 is 0 Å². The number of rotatable bonds is 3. The average molecular weight is 282 g/mol. The Balaban J connectivity index is 1.90. The predicted octanol–water partition coefficient (Wildman–Crippen LogP) is 2.49. The maximum Gasteiger partial charge on any atom is 0.250 e. The van der Waals surface area contributed by atoms with E-state index in [1.165, 1.54) is 6.20 Å². The van der Waals surface area contributed by atoms with Crippen LogP contribution in [0.1, 0.15) is 39.1 Å². The van der Waals surface area contributed by atoms with Crippen molar-refractivity contribution in [2.24, 2.45) is 5.73 Å². The number of carbonyl (C=O) groups excluding carboxylic acids is 2. The predicted molar refractivity (Wildman–Crippen MR) is 76.5 cm³/mol. The van der Waals surface area contributed by atoms with Crippen LogP contribution in [0.3, 0.4) is 0 Å². The van der Waals surface area contributed by atoms with Crippen molar-refractivity contribution < 1.29 is 14.3 Å². The molecule has 3 rings (SSSR count). The minimum absolute atomic E-state index is 0.152. The summed E-state index contributed by atoms with van der Waals surface area (Å²) in [6, 6.07) is 8.60. The lowest BCUT2D eigenvalue weighted by atomic mass is 9.90. The number of aromatic nitrogens is 1. The molecule has 0 spiro atoms. The molecule has 0 saturated carbocycles. The van der Waals surface area contributed by atoms with Gasteiger partial charge in [0.1, 0.15) is 5.75 Å². The van der Waals surface area contributed by atoms with Crippen LogP contribution >= 0.6 is 0 Å². The summed E-state index contributed by atoms with van der Waals surface area (Å²) in [5.41, 5.74) is 7.15. The van der Waals surface area contributed by atoms with Crippen molar-refractivity contribution in [3.63, 3.8) is 0 Å². The Kier molecular flexibility index (Phi) is 3.39. The monoisotopic (exact) mass is 282 g/mol. The second-order valence-corrected chi connectivity index (χ2v) is 4.91. The summed E-state index contributed by atoms with van der Waals surface area (Å²) < 4.78 is 5.74. The highest BCUT2D eigenvalue weighted by Gasteiger charge is 2.20. The summed E-state index contributed by atoms with van der Waals surface area (Å²) in [5, 5.41) is 0. The SMILES string of the molecule is NC(=O)c1ccc(Oc2cccc3c2CCCC3=O)nc1. The zero-order chi connectivity index (χ0) is 14.8. The highest BCUT2D eigenvalue weighted by atomic mass is 16.5. The van der Waals surface area contributed by atoms with Crippen LogP contribution < -0.4 is 10.5 Å². The molecule has 0 unspecified atom stereocenters. The first kappa shape index (κ1) is 13.3. The van der Waals surface area contributed by atoms with Crippen LogP contribution in [-0.4, -0.2) is 16.7 Å². The third-order valence-corrected chi connectivity index (χ3v) is 3.50. The van der Waals surface area contributed by atoms with Gasteiger partial charge in [0.25, 0.3) is 0 Å². The maximum atomic E-state index is 11.9. The van der Waals surface area contributed by atoms with Crippen molar-refractivity contribution in [1.82, 2.24) is 4.98 Å². The summed E-state index contributed by atoms with van der Waals surface area (Å²) in [5.74, 6) is 0.627. The second-order valence-electron chi connectivity index (χ2n) is 4.91. The second kappa shape index (κ2) is 5.36. The molecule has 0 saturated heterocycles. The molecule has 1 aromatic heterocycles. The third kappa shape index (κ3) is 2.63. The number of nitrogens with zero attached hydrogens (tertiary/aromatic N) is 1. The van der Waals surface area contributed by atoms with E-state index in [2.05, 4.69) is 4.98 Å². The summed E-state index contributed by atoms with van der Waals surface area (Å²) in [6.07, 6.45) is 3.61. The number of pyridine rings is 1. The number of Topliss-reactive ketones (excluding diaryl/α,β-unsaturated/α-hetero) is 1. The van der Waals surface area contributed by atoms with Gasteiger partial charge >= 0.3 is 0 Å². The van der Waals surface area contributed by atoms with Gasteiger partial charge in [0.15, 0.2) is 5.78 Å². The number of amides is 1. The van der Waals surface area contributed by atoms with Gasteiger partial charge in [-0.2, -0.15) is 0 Å². The molecule has 0 aliphatic heterocycles. The summed E-state index contributed by atoms with van der Waals surface area (Å²) >= 11 is 0. The molecular formula is C16H14N2O3. The maximum absolute atomic E-state index is 11.9. The minimum Gasteiger partial charge on any atom is -0.439 e. The van der Waals surface area contributed by atoms with Gasteiger partial charge in [0.05, 0.1) is 5.56 Å². The topological polar surface area (TPSA) is 82.3 Å². The number of hydrogen-bond acceptors (Lipinski definition) is 4. The number of carbonyl (C=O) groups is 2. The molecular weight excluding hydrogens is 268 g/mol. The Morgan fingerprint density at radius 3 is 2.76 bits per heavy atom. The largest absolute Gasteiger partial charge is 0.439 e. The molecule has 1 amide bonds. The van der Waals surface area contributed by atoms with E-state index in [4.69, 9.17) is 10.5 Å². The van der Waals surface area contributed by atoms with E-state index in [0.717, 1.165) is 24.0 Å². The van der Waals surface area contributed by atoms with Gasteiger partial charge < -0.3 is 10.5 Å². The Hall–Kier alpha value is -2.69. The van der Waals surface area contributed by atoms with Gasteiger partial charge in [-0.3, -0.25) is 9.59 Å². The Morgan fingerprint density at radius 2 is 2.05 bits per heavy atom. The molecule has 0 atom stereocenters. The molecule has 106 valence electrons. The number of benzene rings is 1. The van der Waals surface area contributed by atoms with Gasteiger partial charge in [-0.15, -0.1) is 0 Å². The molecule has 0 fully saturated rings. The zero-order valence-electron chi connectivity index (χ0n) is 11.3. The molecule has 1 aliphatic carbocycles. The van der Waals surface area contributed by atoms with Crippen LogP contribution in [-0.2, 0) is 6.42 Å². The Morgan fingerprint density at radius 1 is 1.19 bits per heavy atom. The van der Waals surface area contributed by atoms with Crippen LogP contribution in [0.15, 0.2) is 36.5 Å². The Labute approximate surface area is 121 Å². The van der Waals surface area contributed by atoms with Crippen molar-refractivity contribution in [3.05, 3.63) is 53.2 Å². The van der Waals surface area contributed by atoms with Crippen LogP contribution in [0.25, 0.3) is 0 Å².